The van der Waals surface area contributed by atoms with Crippen molar-refractivity contribution in [2.24, 2.45) is 0 Å². The summed E-state index contributed by atoms with van der Waals surface area (Å²) in [6, 6.07) is 6.86. The SMILES string of the molecule is Cc1cc(F)ccc1CNc1nccc2c(C)c(C)[nH]c12. The largest absolute Gasteiger partial charge is 0.364 e. The topological polar surface area (TPSA) is 40.7 Å². The molecule has 108 valence electrons. The smallest absolute Gasteiger partial charge is 0.150 e. The van der Waals surface area contributed by atoms with Crippen molar-refractivity contribution in [2.75, 3.05) is 5.32 Å². The Kier molecular flexibility index (Phi) is 3.37. The number of aromatic amines is 1. The molecule has 1 aromatic carbocycles. The predicted octanol–water partition coefficient (Wildman–Crippen LogP) is 4.24. The van der Waals surface area contributed by atoms with Gasteiger partial charge in [0.25, 0.3) is 0 Å². The van der Waals surface area contributed by atoms with E-state index in [0.717, 1.165) is 28.2 Å². The highest BCUT2D eigenvalue weighted by molar-refractivity contribution is 5.92. The maximum absolute atomic E-state index is 13.1. The molecule has 0 saturated heterocycles. The van der Waals surface area contributed by atoms with Crippen LogP contribution in [0, 0.1) is 26.6 Å². The molecule has 0 fully saturated rings. The van der Waals surface area contributed by atoms with Crippen LogP contribution in [0.4, 0.5) is 10.2 Å². The van der Waals surface area contributed by atoms with Gasteiger partial charge in [0.2, 0.25) is 0 Å². The maximum atomic E-state index is 13.1. The van der Waals surface area contributed by atoms with Crippen LogP contribution in [0.5, 0.6) is 0 Å². The predicted molar refractivity (Wildman–Crippen MR) is 84.0 cm³/mol. The molecular weight excluding hydrogens is 265 g/mol. The molecule has 2 N–H and O–H groups in total. The van der Waals surface area contributed by atoms with Crippen molar-refractivity contribution in [2.45, 2.75) is 27.3 Å². The number of hydrogen-bond donors (Lipinski definition) is 2. The highest BCUT2D eigenvalue weighted by atomic mass is 19.1. The quantitative estimate of drug-likeness (QED) is 0.755. The van der Waals surface area contributed by atoms with Crippen molar-refractivity contribution in [3.05, 3.63) is 58.7 Å². The molecule has 3 rings (SSSR count). The van der Waals surface area contributed by atoms with Gasteiger partial charge in [-0.3, -0.25) is 0 Å². The standard InChI is InChI=1S/C17H18FN3/c1-10-8-14(18)5-4-13(10)9-20-17-16-15(6-7-19-17)11(2)12(3)21-16/h4-8,21H,9H2,1-3H3,(H,19,20). The molecule has 0 aliphatic heterocycles. The summed E-state index contributed by atoms with van der Waals surface area (Å²) in [4.78, 5) is 7.78. The summed E-state index contributed by atoms with van der Waals surface area (Å²) in [5, 5.41) is 4.52. The lowest BCUT2D eigenvalue weighted by molar-refractivity contribution is 0.625. The molecular formula is C17H18FN3. The molecule has 2 heterocycles. The van der Waals surface area contributed by atoms with Crippen LogP contribution < -0.4 is 5.32 Å². The van der Waals surface area contributed by atoms with Crippen LogP contribution in [0.15, 0.2) is 30.5 Å². The summed E-state index contributed by atoms with van der Waals surface area (Å²) in [6.07, 6.45) is 1.81. The van der Waals surface area contributed by atoms with Gasteiger partial charge in [0.1, 0.15) is 5.82 Å². The number of nitrogens with one attached hydrogen (secondary N) is 2. The molecule has 0 bridgehead atoms. The zero-order valence-corrected chi connectivity index (χ0v) is 12.4. The summed E-state index contributed by atoms with van der Waals surface area (Å²) >= 11 is 0. The Bertz CT molecular complexity index is 805. The summed E-state index contributed by atoms with van der Waals surface area (Å²) in [5.41, 5.74) is 5.42. The molecule has 0 radical (unpaired) electrons. The third-order valence-electron chi connectivity index (χ3n) is 3.98. The minimum absolute atomic E-state index is 0.202. The zero-order valence-electron chi connectivity index (χ0n) is 12.4. The van der Waals surface area contributed by atoms with Gasteiger partial charge in [0.15, 0.2) is 5.82 Å². The number of rotatable bonds is 3. The first-order chi connectivity index (χ1) is 10.1. The number of halogens is 1. The van der Waals surface area contributed by atoms with E-state index in [-0.39, 0.29) is 5.82 Å². The molecule has 0 unspecified atom stereocenters. The molecule has 3 aromatic rings. The first-order valence-electron chi connectivity index (χ1n) is 6.99. The highest BCUT2D eigenvalue weighted by Crippen LogP contribution is 2.26. The Labute approximate surface area is 123 Å². The molecule has 0 spiro atoms. The average molecular weight is 283 g/mol. The van der Waals surface area contributed by atoms with Gasteiger partial charge in [-0.2, -0.15) is 0 Å². The monoisotopic (exact) mass is 283 g/mol. The molecule has 0 saturated carbocycles. The van der Waals surface area contributed by atoms with E-state index in [9.17, 15) is 4.39 Å². The Morgan fingerprint density at radius 2 is 2.00 bits per heavy atom. The zero-order chi connectivity index (χ0) is 15.0. The van der Waals surface area contributed by atoms with Gasteiger partial charge in [0, 0.05) is 23.8 Å². The van der Waals surface area contributed by atoms with Gasteiger partial charge >= 0.3 is 0 Å². The van der Waals surface area contributed by atoms with Crippen molar-refractivity contribution in [3.8, 4) is 0 Å². The fourth-order valence-electron chi connectivity index (χ4n) is 2.55. The Morgan fingerprint density at radius 1 is 1.19 bits per heavy atom. The lowest BCUT2D eigenvalue weighted by Gasteiger charge is -2.09. The van der Waals surface area contributed by atoms with Crippen molar-refractivity contribution < 1.29 is 4.39 Å². The van der Waals surface area contributed by atoms with E-state index < -0.39 is 0 Å². The van der Waals surface area contributed by atoms with Crippen LogP contribution in [-0.4, -0.2) is 9.97 Å². The van der Waals surface area contributed by atoms with Gasteiger partial charge in [-0.15, -0.1) is 0 Å². The number of pyridine rings is 1. The van der Waals surface area contributed by atoms with Crippen molar-refractivity contribution >= 4 is 16.7 Å². The van der Waals surface area contributed by atoms with Crippen molar-refractivity contribution in [1.82, 2.24) is 9.97 Å². The summed E-state index contributed by atoms with van der Waals surface area (Å²) in [7, 11) is 0. The highest BCUT2D eigenvalue weighted by Gasteiger charge is 2.09. The number of benzene rings is 1. The number of fused-ring (bicyclic) bond motifs is 1. The second-order valence-electron chi connectivity index (χ2n) is 5.38. The minimum Gasteiger partial charge on any atom is -0.364 e. The number of aromatic nitrogens is 2. The van der Waals surface area contributed by atoms with Crippen molar-refractivity contribution in [3.63, 3.8) is 0 Å². The van der Waals surface area contributed by atoms with Crippen LogP contribution in [0.3, 0.4) is 0 Å². The number of hydrogen-bond acceptors (Lipinski definition) is 2. The van der Waals surface area contributed by atoms with Crippen LogP contribution in [0.1, 0.15) is 22.4 Å². The molecule has 4 heteroatoms. The summed E-state index contributed by atoms with van der Waals surface area (Å²) in [6.45, 7) is 6.69. The summed E-state index contributed by atoms with van der Waals surface area (Å²) < 4.78 is 13.1. The van der Waals surface area contributed by atoms with Gasteiger partial charge in [-0.1, -0.05) is 6.07 Å². The Balaban J connectivity index is 1.90. The van der Waals surface area contributed by atoms with Crippen LogP contribution in [0.2, 0.25) is 0 Å². The Morgan fingerprint density at radius 3 is 2.76 bits per heavy atom. The third kappa shape index (κ3) is 2.49. The van der Waals surface area contributed by atoms with E-state index in [4.69, 9.17) is 0 Å². The van der Waals surface area contributed by atoms with Gasteiger partial charge in [-0.05, 0) is 55.7 Å². The van der Waals surface area contributed by atoms with Gasteiger partial charge in [0.05, 0.1) is 5.52 Å². The first-order valence-corrected chi connectivity index (χ1v) is 6.99. The fraction of sp³-hybridized carbons (Fsp3) is 0.235. The molecule has 0 aliphatic carbocycles. The molecule has 21 heavy (non-hydrogen) atoms. The lowest BCUT2D eigenvalue weighted by Crippen LogP contribution is -2.03. The van der Waals surface area contributed by atoms with E-state index in [1.165, 1.54) is 17.0 Å². The van der Waals surface area contributed by atoms with E-state index in [1.54, 1.807) is 6.07 Å². The second kappa shape index (κ2) is 5.20. The van der Waals surface area contributed by atoms with Gasteiger partial charge < -0.3 is 10.3 Å². The van der Waals surface area contributed by atoms with Crippen molar-refractivity contribution in [1.29, 1.82) is 0 Å². The molecule has 0 atom stereocenters. The number of nitrogens with zero attached hydrogens (tertiary/aromatic N) is 1. The lowest BCUT2D eigenvalue weighted by atomic mass is 10.1. The number of aryl methyl sites for hydroxylation is 3. The second-order valence-corrected chi connectivity index (χ2v) is 5.38. The van der Waals surface area contributed by atoms with E-state index in [2.05, 4.69) is 29.1 Å². The van der Waals surface area contributed by atoms with Gasteiger partial charge in [-0.25, -0.2) is 9.37 Å². The Hall–Kier alpha value is -2.36. The molecule has 0 amide bonds. The van der Waals surface area contributed by atoms with Crippen LogP contribution >= 0.6 is 0 Å². The third-order valence-corrected chi connectivity index (χ3v) is 3.98. The maximum Gasteiger partial charge on any atom is 0.150 e. The summed E-state index contributed by atoms with van der Waals surface area (Å²) in [5.74, 6) is 0.625. The van der Waals surface area contributed by atoms with E-state index in [1.807, 2.05) is 25.3 Å². The molecule has 2 aromatic heterocycles. The van der Waals surface area contributed by atoms with Crippen LogP contribution in [0.25, 0.3) is 10.9 Å². The number of H-pyrrole nitrogens is 1. The number of anilines is 1. The van der Waals surface area contributed by atoms with E-state index >= 15 is 0 Å². The molecule has 3 nitrogen and oxygen atoms in total. The normalized spacial score (nSPS) is 11.0. The minimum atomic E-state index is -0.202. The van der Waals surface area contributed by atoms with Crippen LogP contribution in [-0.2, 0) is 6.54 Å². The average Bonchev–Trinajstić information content (AvgIpc) is 2.74. The van der Waals surface area contributed by atoms with E-state index in [0.29, 0.717) is 6.54 Å². The fourth-order valence-corrected chi connectivity index (χ4v) is 2.55. The first kappa shape index (κ1) is 13.6. The molecule has 0 aliphatic rings.